The highest BCUT2D eigenvalue weighted by atomic mass is 35.5. The molecule has 0 aromatic heterocycles. The van der Waals surface area contributed by atoms with Gasteiger partial charge in [0.1, 0.15) is 5.25 Å². The number of halogens is 1. The molecule has 0 unspecified atom stereocenters. The lowest BCUT2D eigenvalue weighted by atomic mass is 10.1. The predicted octanol–water partition coefficient (Wildman–Crippen LogP) is 6.62. The number of aromatic carboxylic acids is 1. The van der Waals surface area contributed by atoms with Crippen molar-refractivity contribution in [1.29, 1.82) is 0 Å². The molecule has 1 atom stereocenters. The predicted molar refractivity (Wildman–Crippen MR) is 151 cm³/mol. The fourth-order valence-corrected chi connectivity index (χ4v) is 5.40. The van der Waals surface area contributed by atoms with Gasteiger partial charge in [0.15, 0.2) is 0 Å². The summed E-state index contributed by atoms with van der Waals surface area (Å²) in [4.78, 5) is 52.3. The molecule has 0 fully saturated rings. The number of carboxylic acids is 1. The Hall–Kier alpha value is -4.40. The summed E-state index contributed by atoms with van der Waals surface area (Å²) in [5.74, 6) is -2.52. The number of rotatable bonds is 7. The zero-order chi connectivity index (χ0) is 27.7. The summed E-state index contributed by atoms with van der Waals surface area (Å²) in [5.41, 5.74) is 2.78. The number of nitrogens with one attached hydrogen (secondary N) is 1. The van der Waals surface area contributed by atoms with Gasteiger partial charge in [-0.2, -0.15) is 0 Å². The lowest BCUT2D eigenvalue weighted by Gasteiger charge is -2.18. The van der Waals surface area contributed by atoms with Crippen LogP contribution in [-0.2, 0) is 4.79 Å². The van der Waals surface area contributed by atoms with E-state index in [1.54, 1.807) is 36.4 Å². The molecule has 4 aromatic rings. The number of carbonyl (C=O) groups excluding carboxylic acids is 3. The molecule has 0 radical (unpaired) electrons. The highest BCUT2D eigenvalue weighted by molar-refractivity contribution is 8.00. The fourth-order valence-electron chi connectivity index (χ4n) is 4.20. The minimum atomic E-state index is -1.18. The molecule has 1 aliphatic rings. The molecule has 0 saturated heterocycles. The number of amides is 3. The van der Waals surface area contributed by atoms with Crippen molar-refractivity contribution in [2.45, 2.75) is 17.1 Å². The monoisotopic (exact) mass is 556 g/mol. The van der Waals surface area contributed by atoms with Crippen molar-refractivity contribution in [3.8, 4) is 0 Å². The fraction of sp³-hybridized carbons (Fsp3) is 0.0667. The topological polar surface area (TPSA) is 104 Å². The molecule has 2 N–H and O–H groups in total. The van der Waals surface area contributed by atoms with Crippen LogP contribution in [-0.4, -0.2) is 28.8 Å². The number of carboxylic acid groups (broad SMARTS) is 1. The summed E-state index contributed by atoms with van der Waals surface area (Å²) < 4.78 is 0. The number of hydrogen-bond donors (Lipinski definition) is 2. The zero-order valence-corrected chi connectivity index (χ0v) is 22.1. The van der Waals surface area contributed by atoms with Crippen molar-refractivity contribution >= 4 is 58.4 Å². The highest BCUT2D eigenvalue weighted by Crippen LogP contribution is 2.38. The van der Waals surface area contributed by atoms with Crippen LogP contribution in [0.25, 0.3) is 0 Å². The molecular formula is C30H21ClN2O5S. The first-order chi connectivity index (χ1) is 18.7. The molecule has 5 rings (SSSR count). The van der Waals surface area contributed by atoms with Crippen molar-refractivity contribution in [2.75, 3.05) is 10.2 Å². The average Bonchev–Trinajstić information content (AvgIpc) is 3.19. The van der Waals surface area contributed by atoms with E-state index in [-0.39, 0.29) is 22.6 Å². The molecule has 9 heteroatoms. The Morgan fingerprint density at radius 2 is 1.56 bits per heavy atom. The highest BCUT2D eigenvalue weighted by Gasteiger charge is 2.37. The second kappa shape index (κ2) is 10.8. The number of benzene rings is 4. The summed E-state index contributed by atoms with van der Waals surface area (Å²) in [6.45, 7) is 1.88. The molecule has 0 bridgehead atoms. The third-order valence-electron chi connectivity index (χ3n) is 6.26. The Balaban J connectivity index is 1.38. The summed E-state index contributed by atoms with van der Waals surface area (Å²) in [5, 5.41) is 12.1. The minimum Gasteiger partial charge on any atom is -0.478 e. The molecule has 1 aliphatic heterocycles. The standard InChI is InChI=1S/C30H21ClN2O5S/c1-17-7-9-20(16-25(17)31)32-27(34)26(18-5-3-2-4-6-18)39-22-12-10-21(11-13-22)33-28(35)23-14-8-19(30(37)38)15-24(23)29(33)36/h2-16,26H,1H3,(H,32,34)(H,37,38)/t26-/m1/s1. The molecular weight excluding hydrogens is 536 g/mol. The first-order valence-electron chi connectivity index (χ1n) is 11.9. The van der Waals surface area contributed by atoms with Crippen LogP contribution >= 0.6 is 23.4 Å². The number of thioether (sulfide) groups is 1. The summed E-state index contributed by atoms with van der Waals surface area (Å²) in [7, 11) is 0. The number of imide groups is 1. The van der Waals surface area contributed by atoms with Gasteiger partial charge in [0.25, 0.3) is 11.8 Å². The lowest BCUT2D eigenvalue weighted by Crippen LogP contribution is -2.29. The van der Waals surface area contributed by atoms with Crippen LogP contribution in [0.5, 0.6) is 0 Å². The smallest absolute Gasteiger partial charge is 0.335 e. The molecule has 3 amide bonds. The van der Waals surface area contributed by atoms with E-state index < -0.39 is 23.0 Å². The maximum absolute atomic E-state index is 13.4. The van der Waals surface area contributed by atoms with E-state index in [1.165, 1.54) is 30.0 Å². The SMILES string of the molecule is Cc1ccc(NC(=O)[C@H](Sc2ccc(N3C(=O)c4ccc(C(=O)O)cc4C3=O)cc2)c2ccccc2)cc1Cl. The van der Waals surface area contributed by atoms with Gasteiger partial charge in [-0.25, -0.2) is 9.69 Å². The van der Waals surface area contributed by atoms with Crippen LogP contribution in [0.2, 0.25) is 5.02 Å². The maximum atomic E-state index is 13.4. The van der Waals surface area contributed by atoms with E-state index in [9.17, 15) is 24.3 Å². The van der Waals surface area contributed by atoms with E-state index in [4.69, 9.17) is 11.6 Å². The van der Waals surface area contributed by atoms with Crippen LogP contribution in [0.15, 0.2) is 95.9 Å². The second-order valence-electron chi connectivity index (χ2n) is 8.87. The minimum absolute atomic E-state index is 0.0513. The number of nitrogens with zero attached hydrogens (tertiary/aromatic N) is 1. The Labute approximate surface area is 233 Å². The van der Waals surface area contributed by atoms with Gasteiger partial charge in [-0.1, -0.05) is 48.0 Å². The number of fused-ring (bicyclic) bond motifs is 1. The zero-order valence-electron chi connectivity index (χ0n) is 20.6. The van der Waals surface area contributed by atoms with Gasteiger partial charge in [-0.05, 0) is 72.6 Å². The van der Waals surface area contributed by atoms with Gasteiger partial charge in [0, 0.05) is 15.6 Å². The number of aryl methyl sites for hydroxylation is 1. The molecule has 0 spiro atoms. The van der Waals surface area contributed by atoms with Gasteiger partial charge in [0.2, 0.25) is 5.91 Å². The largest absolute Gasteiger partial charge is 0.478 e. The Kier molecular flexibility index (Phi) is 7.24. The molecule has 4 aromatic carbocycles. The van der Waals surface area contributed by atoms with Crippen LogP contribution in [0.1, 0.15) is 47.5 Å². The van der Waals surface area contributed by atoms with Crippen LogP contribution in [0.3, 0.4) is 0 Å². The molecule has 0 aliphatic carbocycles. The first-order valence-corrected chi connectivity index (χ1v) is 13.1. The molecule has 39 heavy (non-hydrogen) atoms. The number of hydrogen-bond acceptors (Lipinski definition) is 5. The van der Waals surface area contributed by atoms with Crippen LogP contribution in [0.4, 0.5) is 11.4 Å². The maximum Gasteiger partial charge on any atom is 0.335 e. The average molecular weight is 557 g/mol. The van der Waals surface area contributed by atoms with Crippen molar-refractivity contribution in [1.82, 2.24) is 0 Å². The molecule has 7 nitrogen and oxygen atoms in total. The van der Waals surface area contributed by atoms with Gasteiger partial charge < -0.3 is 10.4 Å². The Morgan fingerprint density at radius 1 is 0.872 bits per heavy atom. The van der Waals surface area contributed by atoms with Gasteiger partial charge in [-0.3, -0.25) is 14.4 Å². The van der Waals surface area contributed by atoms with E-state index in [0.29, 0.717) is 16.4 Å². The quantitative estimate of drug-likeness (QED) is 0.196. The van der Waals surface area contributed by atoms with E-state index in [0.717, 1.165) is 20.9 Å². The summed E-state index contributed by atoms with van der Waals surface area (Å²) >= 11 is 7.55. The van der Waals surface area contributed by atoms with Crippen molar-refractivity contribution in [3.63, 3.8) is 0 Å². The number of anilines is 2. The van der Waals surface area contributed by atoms with Crippen molar-refractivity contribution in [3.05, 3.63) is 124 Å². The van der Waals surface area contributed by atoms with E-state index in [2.05, 4.69) is 5.32 Å². The van der Waals surface area contributed by atoms with Crippen LogP contribution in [0, 0.1) is 6.92 Å². The van der Waals surface area contributed by atoms with Gasteiger partial charge >= 0.3 is 5.97 Å². The second-order valence-corrected chi connectivity index (χ2v) is 10.5. The molecule has 0 saturated carbocycles. The van der Waals surface area contributed by atoms with Crippen molar-refractivity contribution < 1.29 is 24.3 Å². The lowest BCUT2D eigenvalue weighted by molar-refractivity contribution is -0.115. The van der Waals surface area contributed by atoms with Gasteiger partial charge in [0.05, 0.1) is 22.4 Å². The number of carbonyl (C=O) groups is 4. The summed E-state index contributed by atoms with van der Waals surface area (Å²) in [6.07, 6.45) is 0. The summed E-state index contributed by atoms with van der Waals surface area (Å²) in [6, 6.07) is 25.3. The normalized spacial score (nSPS) is 13.2. The molecule has 1 heterocycles. The van der Waals surface area contributed by atoms with E-state index >= 15 is 0 Å². The first kappa shape index (κ1) is 26.2. The van der Waals surface area contributed by atoms with Crippen molar-refractivity contribution in [2.24, 2.45) is 0 Å². The van der Waals surface area contributed by atoms with E-state index in [1.807, 2.05) is 43.3 Å². The van der Waals surface area contributed by atoms with Crippen LogP contribution < -0.4 is 10.2 Å². The third-order valence-corrected chi connectivity index (χ3v) is 7.94. The van der Waals surface area contributed by atoms with Gasteiger partial charge in [-0.15, -0.1) is 11.8 Å². The Morgan fingerprint density at radius 3 is 2.23 bits per heavy atom. The third kappa shape index (κ3) is 5.30. The Bertz CT molecular complexity index is 1620. The molecule has 194 valence electrons.